The Morgan fingerprint density at radius 3 is 3.00 bits per heavy atom. The van der Waals surface area contributed by atoms with Gasteiger partial charge >= 0.3 is 0 Å². The Morgan fingerprint density at radius 1 is 1.42 bits per heavy atom. The SMILES string of the molecule is CC(=O)N1CCC2=C(C1)C(c1cccc(Cl)c1)=NC2. The average Bonchev–Trinajstić information content (AvgIpc) is 2.81. The standard InChI is InChI=1S/C15H15ClN2O/c1-10(19)18-6-5-12-8-17-15(14(12)9-18)11-3-2-4-13(16)7-11/h2-4,7H,5-6,8-9H2,1H3. The van der Waals surface area contributed by atoms with Gasteiger partial charge in [0.25, 0.3) is 0 Å². The van der Waals surface area contributed by atoms with Crippen molar-refractivity contribution in [2.45, 2.75) is 13.3 Å². The fourth-order valence-electron chi connectivity index (χ4n) is 2.66. The summed E-state index contributed by atoms with van der Waals surface area (Å²) in [7, 11) is 0. The van der Waals surface area contributed by atoms with Crippen molar-refractivity contribution in [1.82, 2.24) is 4.90 Å². The van der Waals surface area contributed by atoms with Gasteiger partial charge in [0.15, 0.2) is 0 Å². The number of benzene rings is 1. The summed E-state index contributed by atoms with van der Waals surface area (Å²) in [5.74, 6) is 0.129. The van der Waals surface area contributed by atoms with Gasteiger partial charge in [-0.1, -0.05) is 23.7 Å². The topological polar surface area (TPSA) is 32.7 Å². The minimum Gasteiger partial charge on any atom is -0.338 e. The number of aliphatic imine (C=N–C) groups is 1. The third-order valence-electron chi connectivity index (χ3n) is 3.72. The van der Waals surface area contributed by atoms with Gasteiger partial charge in [0.05, 0.1) is 12.3 Å². The summed E-state index contributed by atoms with van der Waals surface area (Å²) >= 11 is 6.04. The van der Waals surface area contributed by atoms with Crippen LogP contribution in [0.1, 0.15) is 18.9 Å². The van der Waals surface area contributed by atoms with Crippen molar-refractivity contribution < 1.29 is 4.79 Å². The molecule has 0 radical (unpaired) electrons. The molecule has 0 saturated heterocycles. The predicted octanol–water partition coefficient (Wildman–Crippen LogP) is 2.69. The molecule has 2 heterocycles. The summed E-state index contributed by atoms with van der Waals surface area (Å²) in [6, 6.07) is 7.75. The summed E-state index contributed by atoms with van der Waals surface area (Å²) in [6.45, 7) is 3.88. The Bertz CT molecular complexity index is 604. The van der Waals surface area contributed by atoms with E-state index in [0.717, 1.165) is 30.8 Å². The van der Waals surface area contributed by atoms with Gasteiger partial charge < -0.3 is 4.90 Å². The van der Waals surface area contributed by atoms with E-state index in [0.29, 0.717) is 11.6 Å². The highest BCUT2D eigenvalue weighted by Gasteiger charge is 2.27. The zero-order valence-corrected chi connectivity index (χ0v) is 11.6. The third-order valence-corrected chi connectivity index (χ3v) is 3.95. The number of hydrogen-bond acceptors (Lipinski definition) is 2. The van der Waals surface area contributed by atoms with Gasteiger partial charge in [-0.3, -0.25) is 9.79 Å². The van der Waals surface area contributed by atoms with E-state index in [4.69, 9.17) is 11.6 Å². The molecular formula is C15H15ClN2O. The first-order valence-electron chi connectivity index (χ1n) is 6.42. The van der Waals surface area contributed by atoms with Crippen LogP contribution in [0.2, 0.25) is 5.02 Å². The van der Waals surface area contributed by atoms with Crippen molar-refractivity contribution in [1.29, 1.82) is 0 Å². The van der Waals surface area contributed by atoms with Gasteiger partial charge in [0, 0.05) is 30.6 Å². The summed E-state index contributed by atoms with van der Waals surface area (Å²) in [5, 5.41) is 0.716. The molecule has 0 bridgehead atoms. The predicted molar refractivity (Wildman–Crippen MR) is 76.8 cm³/mol. The smallest absolute Gasteiger partial charge is 0.219 e. The lowest BCUT2D eigenvalue weighted by Gasteiger charge is -2.27. The van der Waals surface area contributed by atoms with Crippen LogP contribution in [-0.2, 0) is 4.79 Å². The third kappa shape index (κ3) is 2.30. The van der Waals surface area contributed by atoms with E-state index in [1.807, 2.05) is 29.2 Å². The Balaban J connectivity index is 1.93. The molecule has 3 nitrogen and oxygen atoms in total. The molecule has 0 aromatic heterocycles. The minimum absolute atomic E-state index is 0.129. The van der Waals surface area contributed by atoms with Crippen molar-refractivity contribution in [2.75, 3.05) is 19.6 Å². The maximum atomic E-state index is 11.5. The van der Waals surface area contributed by atoms with Crippen molar-refractivity contribution in [3.63, 3.8) is 0 Å². The first kappa shape index (κ1) is 12.4. The molecule has 2 aliphatic heterocycles. The number of rotatable bonds is 1. The number of nitrogens with zero attached hydrogens (tertiary/aromatic N) is 2. The molecule has 0 unspecified atom stereocenters. The summed E-state index contributed by atoms with van der Waals surface area (Å²) in [5.41, 5.74) is 4.63. The van der Waals surface area contributed by atoms with Gasteiger partial charge in [0.1, 0.15) is 0 Å². The quantitative estimate of drug-likeness (QED) is 0.775. The molecule has 4 heteroatoms. The highest BCUT2D eigenvalue weighted by molar-refractivity contribution is 6.31. The van der Waals surface area contributed by atoms with Gasteiger partial charge in [-0.2, -0.15) is 0 Å². The molecule has 0 aliphatic carbocycles. The van der Waals surface area contributed by atoms with Crippen LogP contribution in [-0.4, -0.2) is 36.2 Å². The van der Waals surface area contributed by atoms with Gasteiger partial charge in [-0.05, 0) is 29.7 Å². The number of carbonyl (C=O) groups excluding carboxylic acids is 1. The molecule has 98 valence electrons. The van der Waals surface area contributed by atoms with Crippen molar-refractivity contribution in [3.05, 3.63) is 46.0 Å². The van der Waals surface area contributed by atoms with Crippen LogP contribution in [0.25, 0.3) is 0 Å². The lowest BCUT2D eigenvalue weighted by molar-refractivity contribution is -0.128. The molecule has 19 heavy (non-hydrogen) atoms. The monoisotopic (exact) mass is 274 g/mol. The highest BCUT2D eigenvalue weighted by atomic mass is 35.5. The normalized spacial score (nSPS) is 18.4. The maximum absolute atomic E-state index is 11.5. The molecule has 0 fully saturated rings. The lowest BCUT2D eigenvalue weighted by Crippen LogP contribution is -2.36. The Kier molecular flexibility index (Phi) is 3.15. The van der Waals surface area contributed by atoms with E-state index in [2.05, 4.69) is 4.99 Å². The zero-order valence-electron chi connectivity index (χ0n) is 10.8. The first-order valence-corrected chi connectivity index (χ1v) is 6.80. The van der Waals surface area contributed by atoms with Crippen molar-refractivity contribution >= 4 is 23.2 Å². The van der Waals surface area contributed by atoms with Crippen LogP contribution in [0.5, 0.6) is 0 Å². The van der Waals surface area contributed by atoms with Crippen molar-refractivity contribution in [3.8, 4) is 0 Å². The van der Waals surface area contributed by atoms with Crippen LogP contribution in [0.3, 0.4) is 0 Å². The maximum Gasteiger partial charge on any atom is 0.219 e. The number of amides is 1. The fraction of sp³-hybridized carbons (Fsp3) is 0.333. The molecule has 1 aromatic rings. The number of halogens is 1. The van der Waals surface area contributed by atoms with Crippen LogP contribution in [0.4, 0.5) is 0 Å². The van der Waals surface area contributed by atoms with E-state index in [9.17, 15) is 4.79 Å². The van der Waals surface area contributed by atoms with E-state index in [-0.39, 0.29) is 5.91 Å². The minimum atomic E-state index is 0.129. The Labute approximate surface area is 117 Å². The first-order chi connectivity index (χ1) is 9.15. The summed E-state index contributed by atoms with van der Waals surface area (Å²) in [4.78, 5) is 18.0. The van der Waals surface area contributed by atoms with E-state index in [1.54, 1.807) is 6.92 Å². The van der Waals surface area contributed by atoms with Crippen molar-refractivity contribution in [2.24, 2.45) is 4.99 Å². The summed E-state index contributed by atoms with van der Waals surface area (Å²) < 4.78 is 0. The largest absolute Gasteiger partial charge is 0.338 e. The Morgan fingerprint density at radius 2 is 2.26 bits per heavy atom. The molecule has 3 rings (SSSR count). The van der Waals surface area contributed by atoms with Crippen LogP contribution >= 0.6 is 11.6 Å². The zero-order chi connectivity index (χ0) is 13.4. The van der Waals surface area contributed by atoms with Crippen LogP contribution in [0.15, 0.2) is 40.4 Å². The molecule has 1 aromatic carbocycles. The molecule has 2 aliphatic rings. The van der Waals surface area contributed by atoms with Gasteiger partial charge in [0.2, 0.25) is 5.91 Å². The molecule has 0 spiro atoms. The van der Waals surface area contributed by atoms with Crippen LogP contribution in [0, 0.1) is 0 Å². The lowest BCUT2D eigenvalue weighted by atomic mass is 9.95. The van der Waals surface area contributed by atoms with E-state index < -0.39 is 0 Å². The second-order valence-corrected chi connectivity index (χ2v) is 5.38. The molecule has 0 N–H and O–H groups in total. The number of carbonyl (C=O) groups is 1. The second-order valence-electron chi connectivity index (χ2n) is 4.95. The Hall–Kier alpha value is -1.61. The van der Waals surface area contributed by atoms with E-state index in [1.165, 1.54) is 11.1 Å². The highest BCUT2D eigenvalue weighted by Crippen LogP contribution is 2.28. The number of hydrogen-bond donors (Lipinski definition) is 0. The fourth-order valence-corrected chi connectivity index (χ4v) is 2.85. The molecule has 0 atom stereocenters. The molecule has 1 amide bonds. The summed E-state index contributed by atoms with van der Waals surface area (Å²) in [6.07, 6.45) is 0.933. The molecule has 0 saturated carbocycles. The van der Waals surface area contributed by atoms with Gasteiger partial charge in [-0.25, -0.2) is 0 Å². The average molecular weight is 275 g/mol. The van der Waals surface area contributed by atoms with Crippen LogP contribution < -0.4 is 0 Å². The molecular weight excluding hydrogens is 260 g/mol. The van der Waals surface area contributed by atoms with Gasteiger partial charge in [-0.15, -0.1) is 0 Å². The second kappa shape index (κ2) is 4.82. The van der Waals surface area contributed by atoms with E-state index >= 15 is 0 Å².